The summed E-state index contributed by atoms with van der Waals surface area (Å²) in [4.78, 5) is 0. The van der Waals surface area contributed by atoms with Crippen LogP contribution in [0.15, 0.2) is 47.8 Å². The van der Waals surface area contributed by atoms with Gasteiger partial charge in [0, 0.05) is 5.41 Å². The van der Waals surface area contributed by atoms with Gasteiger partial charge >= 0.3 is 0 Å². The highest BCUT2D eigenvalue weighted by Gasteiger charge is 2.31. The zero-order valence-electron chi connectivity index (χ0n) is 13.5. The summed E-state index contributed by atoms with van der Waals surface area (Å²) in [6, 6.07) is 6.37. The summed E-state index contributed by atoms with van der Waals surface area (Å²) in [6.07, 6.45) is 10.7. The molecule has 1 aliphatic carbocycles. The molecule has 0 atom stereocenters. The van der Waals surface area contributed by atoms with E-state index in [0.717, 1.165) is 24.8 Å². The van der Waals surface area contributed by atoms with E-state index in [1.165, 1.54) is 16.7 Å². The van der Waals surface area contributed by atoms with Gasteiger partial charge < -0.3 is 0 Å². The van der Waals surface area contributed by atoms with Crippen LogP contribution in [0.25, 0.3) is 6.08 Å². The Labute approximate surface area is 128 Å². The number of benzene rings is 1. The van der Waals surface area contributed by atoms with E-state index in [9.17, 15) is 4.39 Å². The summed E-state index contributed by atoms with van der Waals surface area (Å²) < 4.78 is 14.3. The third-order valence-corrected chi connectivity index (χ3v) is 4.35. The lowest BCUT2D eigenvalue weighted by atomic mass is 9.72. The fourth-order valence-corrected chi connectivity index (χ4v) is 3.26. The van der Waals surface area contributed by atoms with Gasteiger partial charge in [-0.1, -0.05) is 57.2 Å². The van der Waals surface area contributed by atoms with E-state index in [-0.39, 0.29) is 11.2 Å². The first kappa shape index (κ1) is 15.8. The van der Waals surface area contributed by atoms with E-state index in [1.54, 1.807) is 6.08 Å². The maximum Gasteiger partial charge on any atom is 0.122 e. The Morgan fingerprint density at radius 3 is 2.52 bits per heavy atom. The fourth-order valence-electron chi connectivity index (χ4n) is 3.26. The van der Waals surface area contributed by atoms with E-state index < -0.39 is 0 Å². The molecule has 0 N–H and O–H groups in total. The van der Waals surface area contributed by atoms with Crippen LogP contribution in [-0.4, -0.2) is 0 Å². The van der Waals surface area contributed by atoms with Crippen LogP contribution in [-0.2, 0) is 11.8 Å². The number of rotatable bonds is 4. The Hall–Kier alpha value is -1.63. The molecular formula is C20H25F. The van der Waals surface area contributed by atoms with Crippen LogP contribution in [0, 0.1) is 0 Å². The van der Waals surface area contributed by atoms with E-state index >= 15 is 0 Å². The molecule has 0 heterocycles. The lowest BCUT2D eigenvalue weighted by Crippen LogP contribution is -2.24. The molecule has 0 spiro atoms. The summed E-state index contributed by atoms with van der Waals surface area (Å²) in [5.74, 6) is -0.0512. The Morgan fingerprint density at radius 1 is 1.19 bits per heavy atom. The minimum absolute atomic E-state index is 0.0512. The minimum atomic E-state index is -0.302. The monoisotopic (exact) mass is 284 g/mol. The van der Waals surface area contributed by atoms with Crippen molar-refractivity contribution in [3.05, 3.63) is 64.5 Å². The molecule has 0 fully saturated rings. The predicted octanol–water partition coefficient (Wildman–Crippen LogP) is 6.13. The van der Waals surface area contributed by atoms with Crippen molar-refractivity contribution >= 4 is 6.08 Å². The molecule has 0 unspecified atom stereocenters. The van der Waals surface area contributed by atoms with Crippen molar-refractivity contribution in [2.45, 2.75) is 52.4 Å². The molecule has 21 heavy (non-hydrogen) atoms. The number of hydrogen-bond acceptors (Lipinski definition) is 0. The van der Waals surface area contributed by atoms with Gasteiger partial charge in [0.2, 0.25) is 0 Å². The lowest BCUT2D eigenvalue weighted by molar-refractivity contribution is 0.540. The van der Waals surface area contributed by atoms with E-state index in [4.69, 9.17) is 0 Å². The summed E-state index contributed by atoms with van der Waals surface area (Å²) in [5.41, 5.74) is 4.33. The standard InChI is InChI=1S/C20H25F/c1-5-10-15-11-9-13-17(16(15)6-2)20(3,4)18-12-7-8-14-19(18)21/h5,9-14H,6-8H2,1-4H3/b10-5-. The Kier molecular flexibility index (Phi) is 4.82. The third-order valence-electron chi connectivity index (χ3n) is 4.35. The average molecular weight is 284 g/mol. The van der Waals surface area contributed by atoms with Crippen LogP contribution in [0.5, 0.6) is 0 Å². The van der Waals surface area contributed by atoms with E-state index in [2.05, 4.69) is 57.2 Å². The second-order valence-corrected chi connectivity index (χ2v) is 6.10. The van der Waals surface area contributed by atoms with Gasteiger partial charge in [-0.15, -0.1) is 0 Å². The van der Waals surface area contributed by atoms with Gasteiger partial charge in [0.1, 0.15) is 5.83 Å². The predicted molar refractivity (Wildman–Crippen MR) is 90.1 cm³/mol. The summed E-state index contributed by atoms with van der Waals surface area (Å²) in [5, 5.41) is 0. The number of hydrogen-bond donors (Lipinski definition) is 0. The van der Waals surface area contributed by atoms with Crippen LogP contribution >= 0.6 is 0 Å². The number of halogens is 1. The normalized spacial score (nSPS) is 16.0. The van der Waals surface area contributed by atoms with Gasteiger partial charge in [-0.2, -0.15) is 0 Å². The van der Waals surface area contributed by atoms with Crippen molar-refractivity contribution in [1.82, 2.24) is 0 Å². The lowest BCUT2D eigenvalue weighted by Gasteiger charge is -2.32. The molecule has 0 saturated heterocycles. The van der Waals surface area contributed by atoms with Crippen molar-refractivity contribution in [3.8, 4) is 0 Å². The number of allylic oxidation sites excluding steroid dienone is 5. The molecule has 0 radical (unpaired) electrons. The second kappa shape index (κ2) is 6.43. The van der Waals surface area contributed by atoms with E-state index in [0.29, 0.717) is 0 Å². The average Bonchev–Trinajstić information content (AvgIpc) is 2.47. The Bertz CT molecular complexity index is 600. The molecule has 0 bridgehead atoms. The maximum atomic E-state index is 14.3. The first-order valence-electron chi connectivity index (χ1n) is 7.84. The molecule has 112 valence electrons. The van der Waals surface area contributed by atoms with Crippen LogP contribution in [0.3, 0.4) is 0 Å². The molecule has 0 nitrogen and oxygen atoms in total. The van der Waals surface area contributed by atoms with Gasteiger partial charge in [0.25, 0.3) is 0 Å². The Balaban J connectivity index is 2.57. The quantitative estimate of drug-likeness (QED) is 0.623. The van der Waals surface area contributed by atoms with Crippen molar-refractivity contribution < 1.29 is 4.39 Å². The van der Waals surface area contributed by atoms with Gasteiger partial charge in [-0.3, -0.25) is 0 Å². The van der Waals surface area contributed by atoms with Crippen molar-refractivity contribution in [3.63, 3.8) is 0 Å². The fraction of sp³-hybridized carbons (Fsp3) is 0.400. The molecule has 1 aromatic carbocycles. The molecule has 0 aliphatic heterocycles. The topological polar surface area (TPSA) is 0 Å². The molecular weight excluding hydrogens is 259 g/mol. The van der Waals surface area contributed by atoms with Crippen molar-refractivity contribution in [2.75, 3.05) is 0 Å². The third kappa shape index (κ3) is 3.02. The largest absolute Gasteiger partial charge is 0.207 e. The van der Waals surface area contributed by atoms with Crippen LogP contribution in [0.1, 0.15) is 57.2 Å². The molecule has 2 rings (SSSR count). The van der Waals surface area contributed by atoms with E-state index in [1.807, 2.05) is 6.92 Å². The summed E-state index contributed by atoms with van der Waals surface area (Å²) in [6.45, 7) is 8.46. The zero-order valence-corrected chi connectivity index (χ0v) is 13.5. The van der Waals surface area contributed by atoms with Crippen LogP contribution in [0.4, 0.5) is 4.39 Å². The highest BCUT2D eigenvalue weighted by Crippen LogP contribution is 2.41. The minimum Gasteiger partial charge on any atom is -0.207 e. The molecule has 0 saturated carbocycles. The molecule has 1 heteroatoms. The summed E-state index contributed by atoms with van der Waals surface area (Å²) >= 11 is 0. The van der Waals surface area contributed by atoms with Gasteiger partial charge in [0.15, 0.2) is 0 Å². The van der Waals surface area contributed by atoms with Crippen LogP contribution in [0.2, 0.25) is 0 Å². The SMILES string of the molecule is C/C=C\c1cccc(C(C)(C)C2=CCCC=C2F)c1CC. The van der Waals surface area contributed by atoms with Gasteiger partial charge in [0.05, 0.1) is 0 Å². The smallest absolute Gasteiger partial charge is 0.122 e. The molecule has 1 aliphatic rings. The second-order valence-electron chi connectivity index (χ2n) is 6.10. The molecule has 1 aromatic rings. The highest BCUT2D eigenvalue weighted by atomic mass is 19.1. The van der Waals surface area contributed by atoms with Crippen molar-refractivity contribution in [2.24, 2.45) is 0 Å². The van der Waals surface area contributed by atoms with Crippen molar-refractivity contribution in [1.29, 1.82) is 0 Å². The molecule has 0 amide bonds. The molecule has 0 aromatic heterocycles. The maximum absolute atomic E-state index is 14.3. The van der Waals surface area contributed by atoms with Gasteiger partial charge in [-0.05, 0) is 54.5 Å². The first-order valence-corrected chi connectivity index (χ1v) is 7.84. The first-order chi connectivity index (χ1) is 10.0. The highest BCUT2D eigenvalue weighted by molar-refractivity contribution is 5.59. The van der Waals surface area contributed by atoms with Gasteiger partial charge in [-0.25, -0.2) is 4.39 Å². The van der Waals surface area contributed by atoms with Crippen LogP contribution < -0.4 is 0 Å². The summed E-state index contributed by atoms with van der Waals surface area (Å²) in [7, 11) is 0. The zero-order chi connectivity index (χ0) is 15.5. The Morgan fingerprint density at radius 2 is 1.90 bits per heavy atom.